The third kappa shape index (κ3) is 3.84. The monoisotopic (exact) mass is 518 g/mol. The van der Waals surface area contributed by atoms with Crippen LogP contribution in [0, 0.1) is 0 Å². The summed E-state index contributed by atoms with van der Waals surface area (Å²) in [7, 11) is 3.12. The van der Waals surface area contributed by atoms with Gasteiger partial charge in [-0.1, -0.05) is 40.2 Å². The van der Waals surface area contributed by atoms with Crippen molar-refractivity contribution in [1.29, 1.82) is 0 Å². The molecule has 0 bridgehead atoms. The number of ether oxygens (including phenoxy) is 2. The molecule has 0 atom stereocenters. The molecule has 5 aromatic rings. The van der Waals surface area contributed by atoms with E-state index in [0.717, 1.165) is 4.47 Å². The van der Waals surface area contributed by atoms with Crippen molar-refractivity contribution in [1.82, 2.24) is 19.2 Å². The van der Waals surface area contributed by atoms with Gasteiger partial charge in [-0.25, -0.2) is 9.78 Å². The fraction of sp³-hybridized carbons (Fsp3) is 0.120. The molecule has 0 saturated heterocycles. The molecule has 0 fully saturated rings. The lowest BCUT2D eigenvalue weighted by molar-refractivity contribution is 0.0971. The minimum Gasteiger partial charge on any atom is -0.497 e. The Hall–Kier alpha value is -3.98. The number of rotatable bonds is 6. The smallest absolute Gasteiger partial charge is 0.351 e. The quantitative estimate of drug-likeness (QED) is 0.310. The fourth-order valence-corrected chi connectivity index (χ4v) is 4.08. The van der Waals surface area contributed by atoms with Crippen LogP contribution in [0.4, 0.5) is 0 Å². The van der Waals surface area contributed by atoms with Crippen molar-refractivity contribution >= 4 is 38.3 Å². The first-order chi connectivity index (χ1) is 16.5. The van der Waals surface area contributed by atoms with E-state index in [1.807, 2.05) is 18.2 Å². The van der Waals surface area contributed by atoms with Crippen molar-refractivity contribution in [2.24, 2.45) is 0 Å². The molecule has 0 spiro atoms. The van der Waals surface area contributed by atoms with Gasteiger partial charge in [-0.15, -0.1) is 5.10 Å². The molecule has 170 valence electrons. The van der Waals surface area contributed by atoms with Crippen LogP contribution in [-0.2, 0) is 6.54 Å². The molecule has 0 saturated carbocycles. The van der Waals surface area contributed by atoms with E-state index in [2.05, 4.69) is 26.0 Å². The summed E-state index contributed by atoms with van der Waals surface area (Å²) < 4.78 is 14.2. The fourth-order valence-electron chi connectivity index (χ4n) is 3.82. The van der Waals surface area contributed by atoms with E-state index in [1.165, 1.54) is 9.08 Å². The lowest BCUT2D eigenvalue weighted by Crippen LogP contribution is -2.30. The molecule has 0 aliphatic rings. The summed E-state index contributed by atoms with van der Waals surface area (Å²) in [6, 6.07) is 19.7. The average molecular weight is 519 g/mol. The Bertz CT molecular complexity index is 1580. The molecular formula is C25H19BrN4O4. The van der Waals surface area contributed by atoms with Crippen LogP contribution in [0.3, 0.4) is 0 Å². The molecular weight excluding hydrogens is 500 g/mol. The Morgan fingerprint density at radius 2 is 1.65 bits per heavy atom. The second-order valence-electron chi connectivity index (χ2n) is 7.59. The first-order valence-corrected chi connectivity index (χ1v) is 11.2. The van der Waals surface area contributed by atoms with Gasteiger partial charge in [-0.3, -0.25) is 9.36 Å². The molecule has 9 heteroatoms. The molecule has 0 aliphatic carbocycles. The van der Waals surface area contributed by atoms with E-state index in [-0.39, 0.29) is 12.3 Å². The zero-order valence-corrected chi connectivity index (χ0v) is 19.9. The second-order valence-corrected chi connectivity index (χ2v) is 8.50. The summed E-state index contributed by atoms with van der Waals surface area (Å²) >= 11 is 3.37. The Kier molecular flexibility index (Phi) is 5.62. The van der Waals surface area contributed by atoms with E-state index in [1.54, 1.807) is 62.8 Å². The number of nitrogens with zero attached hydrogens (tertiary/aromatic N) is 4. The number of benzene rings is 3. The minimum absolute atomic E-state index is 0.126. The van der Waals surface area contributed by atoms with Crippen molar-refractivity contribution in [2.75, 3.05) is 14.2 Å². The molecule has 34 heavy (non-hydrogen) atoms. The summed E-state index contributed by atoms with van der Waals surface area (Å²) in [6.07, 6.45) is 0. The maximum atomic E-state index is 13.5. The lowest BCUT2D eigenvalue weighted by atomic mass is 10.1. The Morgan fingerprint density at radius 3 is 2.32 bits per heavy atom. The standard InChI is InChI=1S/C25H19BrN4O4/c1-33-18-11-16(12-19(13-18)34-2)23-27-24-20-5-3-4-6-21(20)29(25(32)30(24)28-23)14-22(31)15-7-9-17(26)10-8-15/h3-13H,14H2,1-2H3. The number of carbonyl (C=O) groups excluding carboxylic acids is 1. The molecule has 2 heterocycles. The number of para-hydroxylation sites is 1. The van der Waals surface area contributed by atoms with Crippen LogP contribution in [0.1, 0.15) is 10.4 Å². The highest BCUT2D eigenvalue weighted by Gasteiger charge is 2.18. The van der Waals surface area contributed by atoms with Crippen molar-refractivity contribution in [3.8, 4) is 22.9 Å². The molecule has 5 rings (SSSR count). The topological polar surface area (TPSA) is 87.7 Å². The lowest BCUT2D eigenvalue weighted by Gasteiger charge is -2.10. The highest BCUT2D eigenvalue weighted by Crippen LogP contribution is 2.29. The second kappa shape index (κ2) is 8.75. The highest BCUT2D eigenvalue weighted by molar-refractivity contribution is 9.10. The number of methoxy groups -OCH3 is 2. The van der Waals surface area contributed by atoms with Gasteiger partial charge in [0.15, 0.2) is 17.3 Å². The van der Waals surface area contributed by atoms with Crippen LogP contribution in [0.15, 0.2) is 76.0 Å². The van der Waals surface area contributed by atoms with Gasteiger partial charge in [0.25, 0.3) is 0 Å². The van der Waals surface area contributed by atoms with Crippen molar-refractivity contribution in [3.63, 3.8) is 0 Å². The molecule has 0 N–H and O–H groups in total. The number of halogens is 1. The summed E-state index contributed by atoms with van der Waals surface area (Å²) in [5.41, 5.74) is 1.72. The largest absolute Gasteiger partial charge is 0.497 e. The number of ketones is 1. The SMILES string of the molecule is COc1cc(OC)cc(-c2nc3c4ccccc4n(CC(=O)c4ccc(Br)cc4)c(=O)n3n2)c1. The maximum Gasteiger partial charge on any atom is 0.351 e. The van der Waals surface area contributed by atoms with E-state index in [9.17, 15) is 9.59 Å². The van der Waals surface area contributed by atoms with Gasteiger partial charge in [0.1, 0.15) is 11.5 Å². The number of carbonyl (C=O) groups is 1. The van der Waals surface area contributed by atoms with Crippen molar-refractivity contribution in [2.45, 2.75) is 6.54 Å². The van der Waals surface area contributed by atoms with Gasteiger partial charge < -0.3 is 9.47 Å². The highest BCUT2D eigenvalue weighted by atomic mass is 79.9. The normalized spacial score (nSPS) is 11.1. The zero-order chi connectivity index (χ0) is 23.8. The number of Topliss-reactive ketones (excluding diaryl/α,β-unsaturated/α-hetero) is 1. The minimum atomic E-state index is -0.451. The Morgan fingerprint density at radius 1 is 0.971 bits per heavy atom. The summed E-state index contributed by atoms with van der Waals surface area (Å²) in [6.45, 7) is -0.126. The number of fused-ring (bicyclic) bond motifs is 3. The number of aromatic nitrogens is 4. The molecule has 0 amide bonds. The molecule has 0 radical (unpaired) electrons. The van der Waals surface area contributed by atoms with Gasteiger partial charge >= 0.3 is 5.69 Å². The predicted molar refractivity (Wildman–Crippen MR) is 132 cm³/mol. The van der Waals surface area contributed by atoms with Gasteiger partial charge in [-0.2, -0.15) is 4.52 Å². The van der Waals surface area contributed by atoms with Crippen LogP contribution in [0.5, 0.6) is 11.5 Å². The van der Waals surface area contributed by atoms with E-state index in [0.29, 0.717) is 45.0 Å². The zero-order valence-electron chi connectivity index (χ0n) is 18.4. The molecule has 8 nitrogen and oxygen atoms in total. The Labute approximate surface area is 202 Å². The Balaban J connectivity index is 1.68. The molecule has 3 aromatic carbocycles. The van der Waals surface area contributed by atoms with Crippen molar-refractivity contribution < 1.29 is 14.3 Å². The van der Waals surface area contributed by atoms with E-state index in [4.69, 9.17) is 9.47 Å². The molecule has 0 aliphatic heterocycles. The van der Waals surface area contributed by atoms with Crippen LogP contribution >= 0.6 is 15.9 Å². The third-order valence-electron chi connectivity index (χ3n) is 5.53. The summed E-state index contributed by atoms with van der Waals surface area (Å²) in [4.78, 5) is 31.1. The van der Waals surface area contributed by atoms with Gasteiger partial charge in [0.2, 0.25) is 0 Å². The summed E-state index contributed by atoms with van der Waals surface area (Å²) in [5.74, 6) is 1.32. The van der Waals surface area contributed by atoms with E-state index < -0.39 is 5.69 Å². The van der Waals surface area contributed by atoms with Crippen LogP contribution in [0.25, 0.3) is 27.9 Å². The van der Waals surface area contributed by atoms with Crippen LogP contribution in [0.2, 0.25) is 0 Å². The van der Waals surface area contributed by atoms with Crippen LogP contribution in [-0.4, -0.2) is 39.2 Å². The molecule has 0 unspecified atom stereocenters. The third-order valence-corrected chi connectivity index (χ3v) is 6.06. The number of hydrogen-bond acceptors (Lipinski definition) is 6. The van der Waals surface area contributed by atoms with Gasteiger partial charge in [-0.05, 0) is 36.4 Å². The average Bonchev–Trinajstić information content (AvgIpc) is 3.32. The summed E-state index contributed by atoms with van der Waals surface area (Å²) in [5, 5.41) is 5.19. The molecule has 2 aromatic heterocycles. The van der Waals surface area contributed by atoms with Crippen molar-refractivity contribution in [3.05, 3.63) is 87.3 Å². The first-order valence-electron chi connectivity index (χ1n) is 10.4. The number of hydrogen-bond donors (Lipinski definition) is 0. The van der Waals surface area contributed by atoms with E-state index >= 15 is 0 Å². The van der Waals surface area contributed by atoms with Crippen LogP contribution < -0.4 is 15.2 Å². The predicted octanol–water partition coefficient (Wildman–Crippen LogP) is 4.37. The van der Waals surface area contributed by atoms with Gasteiger partial charge in [0.05, 0.1) is 26.3 Å². The first kappa shape index (κ1) is 21.8. The van der Waals surface area contributed by atoms with Gasteiger partial charge in [0, 0.05) is 27.1 Å². The maximum absolute atomic E-state index is 13.5.